The number of Topliss-reactive ketones (excluding diaryl/α,β-unsaturated/α-hetero) is 1. The quantitative estimate of drug-likeness (QED) is 0.516. The average molecular weight is 265 g/mol. The SMILES string of the molecule is N#Cc1cc[n+](CC(=O)c2cccs2)cc1.[Cl-]. The van der Waals surface area contributed by atoms with Crippen molar-refractivity contribution in [3.05, 3.63) is 52.5 Å². The molecule has 86 valence electrons. The van der Waals surface area contributed by atoms with Crippen LogP contribution in [0.25, 0.3) is 0 Å². The number of pyridine rings is 1. The molecule has 0 atom stereocenters. The topological polar surface area (TPSA) is 44.7 Å². The summed E-state index contributed by atoms with van der Waals surface area (Å²) in [6.07, 6.45) is 3.48. The number of hydrogen-bond donors (Lipinski definition) is 0. The van der Waals surface area contributed by atoms with Crippen LogP contribution in [0.3, 0.4) is 0 Å². The molecule has 0 saturated heterocycles. The molecule has 0 aliphatic heterocycles. The lowest BCUT2D eigenvalue weighted by Gasteiger charge is -1.94. The Morgan fingerprint density at radius 1 is 1.35 bits per heavy atom. The zero-order valence-corrected chi connectivity index (χ0v) is 10.4. The summed E-state index contributed by atoms with van der Waals surface area (Å²) in [4.78, 5) is 12.5. The van der Waals surface area contributed by atoms with Crippen molar-refractivity contribution < 1.29 is 21.8 Å². The van der Waals surface area contributed by atoms with Gasteiger partial charge in [0.25, 0.3) is 0 Å². The highest BCUT2D eigenvalue weighted by Crippen LogP contribution is 2.08. The van der Waals surface area contributed by atoms with Crippen molar-refractivity contribution in [3.63, 3.8) is 0 Å². The van der Waals surface area contributed by atoms with Gasteiger partial charge < -0.3 is 12.4 Å². The fourth-order valence-electron chi connectivity index (χ4n) is 1.32. The van der Waals surface area contributed by atoms with Gasteiger partial charge in [-0.15, -0.1) is 11.3 Å². The van der Waals surface area contributed by atoms with Crippen molar-refractivity contribution in [1.29, 1.82) is 5.26 Å². The van der Waals surface area contributed by atoms with Gasteiger partial charge in [0, 0.05) is 12.1 Å². The molecular weight excluding hydrogens is 256 g/mol. The van der Waals surface area contributed by atoms with Crippen molar-refractivity contribution >= 4 is 17.1 Å². The van der Waals surface area contributed by atoms with Crippen molar-refractivity contribution in [2.45, 2.75) is 6.54 Å². The molecule has 17 heavy (non-hydrogen) atoms. The van der Waals surface area contributed by atoms with Crippen LogP contribution in [0.5, 0.6) is 0 Å². The second kappa shape index (κ2) is 6.14. The third kappa shape index (κ3) is 3.38. The van der Waals surface area contributed by atoms with Gasteiger partial charge >= 0.3 is 0 Å². The molecule has 0 fully saturated rings. The summed E-state index contributed by atoms with van der Waals surface area (Å²) in [6, 6.07) is 9.11. The van der Waals surface area contributed by atoms with Crippen LogP contribution < -0.4 is 17.0 Å². The lowest BCUT2D eigenvalue weighted by molar-refractivity contribution is -0.683. The summed E-state index contributed by atoms with van der Waals surface area (Å²) < 4.78 is 1.77. The molecule has 2 heterocycles. The monoisotopic (exact) mass is 264 g/mol. The number of aromatic nitrogens is 1. The van der Waals surface area contributed by atoms with Crippen LogP contribution in [0.15, 0.2) is 42.0 Å². The molecular formula is C12H9ClN2OS. The molecule has 2 aromatic rings. The van der Waals surface area contributed by atoms with E-state index in [0.29, 0.717) is 12.1 Å². The molecule has 5 heteroatoms. The molecule has 0 bridgehead atoms. The van der Waals surface area contributed by atoms with E-state index in [-0.39, 0.29) is 18.2 Å². The lowest BCUT2D eigenvalue weighted by atomic mass is 10.3. The largest absolute Gasteiger partial charge is 1.00 e. The Bertz CT molecular complexity index is 529. The van der Waals surface area contributed by atoms with Gasteiger partial charge in [0.05, 0.1) is 16.5 Å². The summed E-state index contributed by atoms with van der Waals surface area (Å²) in [5.74, 6) is 0.0877. The first-order valence-electron chi connectivity index (χ1n) is 4.75. The second-order valence-electron chi connectivity index (χ2n) is 3.27. The number of rotatable bonds is 3. The molecule has 3 nitrogen and oxygen atoms in total. The van der Waals surface area contributed by atoms with E-state index < -0.39 is 0 Å². The smallest absolute Gasteiger partial charge is 0.237 e. The Kier molecular flexibility index (Phi) is 4.83. The van der Waals surface area contributed by atoms with Crippen LogP contribution in [0, 0.1) is 11.3 Å². The van der Waals surface area contributed by atoms with E-state index in [1.807, 2.05) is 23.6 Å². The third-order valence-corrected chi connectivity index (χ3v) is 3.05. The van der Waals surface area contributed by atoms with Gasteiger partial charge in [-0.05, 0) is 11.4 Å². The van der Waals surface area contributed by atoms with E-state index in [2.05, 4.69) is 0 Å². The fourth-order valence-corrected chi connectivity index (χ4v) is 1.98. The third-order valence-electron chi connectivity index (χ3n) is 2.14. The van der Waals surface area contributed by atoms with E-state index in [0.717, 1.165) is 4.88 Å². The predicted octanol–water partition coefficient (Wildman–Crippen LogP) is -1.21. The Morgan fingerprint density at radius 3 is 2.59 bits per heavy atom. The molecule has 0 aliphatic rings. The molecule has 0 spiro atoms. The fraction of sp³-hybridized carbons (Fsp3) is 0.0833. The number of carbonyl (C=O) groups is 1. The summed E-state index contributed by atoms with van der Waals surface area (Å²) in [6.45, 7) is 0.312. The summed E-state index contributed by atoms with van der Waals surface area (Å²) in [5.41, 5.74) is 0.597. The Labute approximate surface area is 109 Å². The van der Waals surface area contributed by atoms with E-state index in [1.54, 1.807) is 29.1 Å². The average Bonchev–Trinajstić information content (AvgIpc) is 2.83. The number of ketones is 1. The first-order chi connectivity index (χ1) is 7.79. The first kappa shape index (κ1) is 13.4. The minimum absolute atomic E-state index is 0. The number of hydrogen-bond acceptors (Lipinski definition) is 3. The molecule has 0 N–H and O–H groups in total. The zero-order valence-electron chi connectivity index (χ0n) is 8.84. The highest BCUT2D eigenvalue weighted by molar-refractivity contribution is 7.12. The number of nitriles is 1. The molecule has 0 unspecified atom stereocenters. The minimum atomic E-state index is 0. The van der Waals surface area contributed by atoms with Gasteiger partial charge in [-0.1, -0.05) is 6.07 Å². The van der Waals surface area contributed by atoms with E-state index in [9.17, 15) is 4.79 Å². The Hall–Kier alpha value is -1.70. The number of nitrogens with zero attached hydrogens (tertiary/aromatic N) is 2. The van der Waals surface area contributed by atoms with Crippen molar-refractivity contribution in [1.82, 2.24) is 0 Å². The summed E-state index contributed by atoms with van der Waals surface area (Å²) >= 11 is 1.44. The van der Waals surface area contributed by atoms with Crippen LogP contribution in [-0.4, -0.2) is 5.78 Å². The van der Waals surface area contributed by atoms with E-state index >= 15 is 0 Å². The van der Waals surface area contributed by atoms with E-state index in [4.69, 9.17) is 5.26 Å². The van der Waals surface area contributed by atoms with Gasteiger partial charge in [0.1, 0.15) is 0 Å². The van der Waals surface area contributed by atoms with Gasteiger partial charge in [0.2, 0.25) is 12.3 Å². The normalized spacial score (nSPS) is 9.12. The van der Waals surface area contributed by atoms with Gasteiger partial charge in [0.15, 0.2) is 12.4 Å². The Balaban J connectivity index is 0.00000144. The van der Waals surface area contributed by atoms with E-state index in [1.165, 1.54) is 11.3 Å². The Morgan fingerprint density at radius 2 is 2.06 bits per heavy atom. The number of halogens is 1. The lowest BCUT2D eigenvalue weighted by Crippen LogP contribution is -3.00. The standard InChI is InChI=1S/C12H9N2OS.ClH/c13-8-10-3-5-14(6-4-10)9-11(15)12-2-1-7-16-12;/h1-7H,9H2;1H/q+1;/p-1. The minimum Gasteiger partial charge on any atom is -1.00 e. The highest BCUT2D eigenvalue weighted by atomic mass is 35.5. The molecule has 0 aliphatic carbocycles. The second-order valence-corrected chi connectivity index (χ2v) is 4.22. The van der Waals surface area contributed by atoms with Crippen LogP contribution in [0.1, 0.15) is 15.2 Å². The predicted molar refractivity (Wildman–Crippen MR) is 60.0 cm³/mol. The molecule has 2 aromatic heterocycles. The zero-order chi connectivity index (χ0) is 11.4. The molecule has 2 rings (SSSR count). The van der Waals surface area contributed by atoms with Crippen LogP contribution in [0.2, 0.25) is 0 Å². The molecule has 0 amide bonds. The summed E-state index contributed by atoms with van der Waals surface area (Å²) in [7, 11) is 0. The van der Waals surface area contributed by atoms with Gasteiger partial charge in [-0.3, -0.25) is 4.79 Å². The highest BCUT2D eigenvalue weighted by Gasteiger charge is 2.12. The maximum atomic E-state index is 11.8. The number of thiophene rings is 1. The van der Waals surface area contributed by atoms with Crippen LogP contribution in [-0.2, 0) is 6.54 Å². The van der Waals surface area contributed by atoms with Crippen LogP contribution in [0.4, 0.5) is 0 Å². The molecule has 0 saturated carbocycles. The van der Waals surface area contributed by atoms with Crippen molar-refractivity contribution in [3.8, 4) is 6.07 Å². The van der Waals surface area contributed by atoms with Gasteiger partial charge in [-0.2, -0.15) is 9.83 Å². The molecule has 0 aromatic carbocycles. The first-order valence-corrected chi connectivity index (χ1v) is 5.63. The molecule has 0 radical (unpaired) electrons. The van der Waals surface area contributed by atoms with Gasteiger partial charge in [-0.25, -0.2) is 0 Å². The van der Waals surface area contributed by atoms with Crippen molar-refractivity contribution in [2.24, 2.45) is 0 Å². The summed E-state index contributed by atoms with van der Waals surface area (Å²) in [5, 5.41) is 10.5. The van der Waals surface area contributed by atoms with Crippen molar-refractivity contribution in [2.75, 3.05) is 0 Å². The maximum Gasteiger partial charge on any atom is 0.237 e. The van der Waals surface area contributed by atoms with Crippen LogP contribution >= 0.6 is 11.3 Å². The maximum absolute atomic E-state index is 11.8. The number of carbonyl (C=O) groups excluding carboxylic acids is 1.